The van der Waals surface area contributed by atoms with Crippen molar-refractivity contribution < 1.29 is 24.2 Å². The maximum absolute atomic E-state index is 13.4. The van der Waals surface area contributed by atoms with E-state index in [1.54, 1.807) is 68.4 Å². The molecule has 0 aliphatic rings. The van der Waals surface area contributed by atoms with E-state index in [1.165, 1.54) is 0 Å². The minimum absolute atomic E-state index is 0.0938. The largest absolute Gasteiger partial charge is 0.478 e. The van der Waals surface area contributed by atoms with Crippen LogP contribution in [0.5, 0.6) is 6.01 Å². The summed E-state index contributed by atoms with van der Waals surface area (Å²) in [6.45, 7) is 7.17. The Balaban J connectivity index is 1.80. The highest BCUT2D eigenvalue weighted by atomic mass is 16.6. The number of aliphatic carboxylic acids is 1. The first kappa shape index (κ1) is 29.4. The third-order valence-corrected chi connectivity index (χ3v) is 6.88. The van der Waals surface area contributed by atoms with Crippen LogP contribution in [0.1, 0.15) is 47.5 Å². The summed E-state index contributed by atoms with van der Waals surface area (Å²) in [6.07, 6.45) is -0.157. The number of hydrogen-bond donors (Lipinski definition) is 2. The van der Waals surface area contributed by atoms with Crippen molar-refractivity contribution >= 4 is 17.6 Å². The maximum atomic E-state index is 13.4. The summed E-state index contributed by atoms with van der Waals surface area (Å²) in [5.41, 5.74) is 3.29. The Morgan fingerprint density at radius 1 is 0.829 bits per heavy atom. The molecular weight excluding hydrogens is 518 g/mol. The molecule has 0 spiro atoms. The number of nitrogens with zero attached hydrogens (tertiary/aromatic N) is 2. The SMILES string of the molecule is CCc1cccc(CC)c1NC(=O)COC(c1ccccc1)(c1ccccc1)C(Oc1nc(C)cc(C)n1)C(=O)O. The van der Waals surface area contributed by atoms with Gasteiger partial charge in [0.25, 0.3) is 0 Å². The van der Waals surface area contributed by atoms with Gasteiger partial charge in [0.1, 0.15) is 6.61 Å². The highest BCUT2D eigenvalue weighted by Crippen LogP contribution is 2.39. The minimum atomic E-state index is -1.73. The third kappa shape index (κ3) is 6.61. The van der Waals surface area contributed by atoms with Crippen molar-refractivity contribution in [3.63, 3.8) is 0 Å². The second kappa shape index (κ2) is 13.2. The van der Waals surface area contributed by atoms with Crippen LogP contribution in [0.15, 0.2) is 84.9 Å². The van der Waals surface area contributed by atoms with Gasteiger partial charge >= 0.3 is 12.0 Å². The number of benzene rings is 3. The Kier molecular flexibility index (Phi) is 9.47. The lowest BCUT2D eigenvalue weighted by atomic mass is 9.81. The fraction of sp³-hybridized carbons (Fsp3) is 0.273. The summed E-state index contributed by atoms with van der Waals surface area (Å²) < 4.78 is 12.5. The topological polar surface area (TPSA) is 111 Å². The zero-order valence-electron chi connectivity index (χ0n) is 23.8. The number of carbonyl (C=O) groups is 2. The van der Waals surface area contributed by atoms with Gasteiger partial charge in [0.05, 0.1) is 0 Å². The number of rotatable bonds is 12. The number of aryl methyl sites for hydroxylation is 4. The number of carbonyl (C=O) groups excluding carboxylic acids is 1. The van der Waals surface area contributed by atoms with Crippen LogP contribution >= 0.6 is 0 Å². The Morgan fingerprint density at radius 2 is 1.34 bits per heavy atom. The number of amides is 1. The van der Waals surface area contributed by atoms with Gasteiger partial charge in [-0.05, 0) is 55.0 Å². The van der Waals surface area contributed by atoms with Gasteiger partial charge in [-0.3, -0.25) is 4.79 Å². The van der Waals surface area contributed by atoms with Crippen LogP contribution in [-0.2, 0) is 32.8 Å². The van der Waals surface area contributed by atoms with E-state index in [9.17, 15) is 14.7 Å². The fourth-order valence-electron chi connectivity index (χ4n) is 5.00. The number of hydrogen-bond acceptors (Lipinski definition) is 6. The van der Waals surface area contributed by atoms with Crippen molar-refractivity contribution in [1.29, 1.82) is 0 Å². The van der Waals surface area contributed by atoms with E-state index >= 15 is 0 Å². The van der Waals surface area contributed by atoms with Crippen molar-refractivity contribution in [2.24, 2.45) is 0 Å². The van der Waals surface area contributed by atoms with E-state index in [0.29, 0.717) is 22.5 Å². The average Bonchev–Trinajstić information content (AvgIpc) is 2.97. The second-order valence-corrected chi connectivity index (χ2v) is 9.73. The van der Waals surface area contributed by atoms with Crippen LogP contribution in [-0.4, -0.2) is 39.7 Å². The molecule has 1 amide bonds. The average molecular weight is 554 g/mol. The van der Waals surface area contributed by atoms with Crippen molar-refractivity contribution in [3.8, 4) is 6.01 Å². The zero-order valence-corrected chi connectivity index (χ0v) is 23.8. The molecule has 0 radical (unpaired) electrons. The predicted molar refractivity (Wildman–Crippen MR) is 157 cm³/mol. The smallest absolute Gasteiger partial charge is 0.348 e. The first-order valence-electron chi connectivity index (χ1n) is 13.7. The van der Waals surface area contributed by atoms with Crippen molar-refractivity contribution in [1.82, 2.24) is 9.97 Å². The van der Waals surface area contributed by atoms with Gasteiger partial charge in [0, 0.05) is 17.1 Å². The molecule has 8 nitrogen and oxygen atoms in total. The summed E-state index contributed by atoms with van der Waals surface area (Å²) in [5, 5.41) is 13.6. The molecule has 0 bridgehead atoms. The lowest BCUT2D eigenvalue weighted by Crippen LogP contribution is -2.52. The predicted octanol–water partition coefficient (Wildman–Crippen LogP) is 5.65. The summed E-state index contributed by atoms with van der Waals surface area (Å²) in [4.78, 5) is 35.1. The molecule has 8 heteroatoms. The molecule has 4 aromatic rings. The molecule has 4 rings (SSSR count). The lowest BCUT2D eigenvalue weighted by molar-refractivity contribution is -0.166. The van der Waals surface area contributed by atoms with E-state index in [4.69, 9.17) is 9.47 Å². The molecule has 0 saturated carbocycles. The third-order valence-electron chi connectivity index (χ3n) is 6.88. The second-order valence-electron chi connectivity index (χ2n) is 9.73. The number of carboxylic acids is 1. The Morgan fingerprint density at radius 3 is 1.80 bits per heavy atom. The van der Waals surface area contributed by atoms with Crippen LogP contribution in [0.2, 0.25) is 0 Å². The molecule has 1 aromatic heterocycles. The van der Waals surface area contributed by atoms with E-state index in [-0.39, 0.29) is 6.01 Å². The van der Waals surface area contributed by atoms with Gasteiger partial charge in [-0.2, -0.15) is 0 Å². The normalized spacial score (nSPS) is 12.0. The van der Waals surface area contributed by atoms with Crippen molar-refractivity contribution in [2.75, 3.05) is 11.9 Å². The Hall–Kier alpha value is -4.56. The van der Waals surface area contributed by atoms with Gasteiger partial charge in [0.2, 0.25) is 12.0 Å². The number of nitrogens with one attached hydrogen (secondary N) is 1. The van der Waals surface area contributed by atoms with Crippen molar-refractivity contribution in [3.05, 3.63) is 119 Å². The molecule has 0 aliphatic carbocycles. The first-order valence-corrected chi connectivity index (χ1v) is 13.7. The van der Waals surface area contributed by atoms with Gasteiger partial charge in [-0.15, -0.1) is 0 Å². The van der Waals surface area contributed by atoms with E-state index < -0.39 is 30.2 Å². The molecule has 0 aliphatic heterocycles. The monoisotopic (exact) mass is 553 g/mol. The lowest BCUT2D eigenvalue weighted by Gasteiger charge is -2.38. The number of aromatic nitrogens is 2. The fourth-order valence-corrected chi connectivity index (χ4v) is 5.00. The molecule has 41 heavy (non-hydrogen) atoms. The Labute approximate surface area is 240 Å². The van der Waals surface area contributed by atoms with Crippen molar-refractivity contribution in [2.45, 2.75) is 52.2 Å². The number of carboxylic acid groups (broad SMARTS) is 1. The van der Waals surface area contributed by atoms with E-state index in [1.807, 2.05) is 44.2 Å². The van der Waals surface area contributed by atoms with Gasteiger partial charge in [-0.1, -0.05) is 92.7 Å². The summed E-state index contributed by atoms with van der Waals surface area (Å²) >= 11 is 0. The summed E-state index contributed by atoms with van der Waals surface area (Å²) in [6, 6.07) is 25.4. The first-order chi connectivity index (χ1) is 19.8. The van der Waals surface area contributed by atoms with Gasteiger partial charge in [0.15, 0.2) is 5.60 Å². The van der Waals surface area contributed by atoms with Gasteiger partial charge in [-0.25, -0.2) is 14.8 Å². The summed E-state index contributed by atoms with van der Waals surface area (Å²) in [5.74, 6) is -1.71. The van der Waals surface area contributed by atoms with E-state index in [0.717, 1.165) is 29.7 Å². The molecule has 0 saturated heterocycles. The minimum Gasteiger partial charge on any atom is -0.478 e. The molecule has 1 heterocycles. The number of ether oxygens (including phenoxy) is 2. The zero-order chi connectivity index (χ0) is 29.4. The highest BCUT2D eigenvalue weighted by molar-refractivity contribution is 5.93. The highest BCUT2D eigenvalue weighted by Gasteiger charge is 2.50. The van der Waals surface area contributed by atoms with Gasteiger partial charge < -0.3 is 19.9 Å². The molecule has 0 fully saturated rings. The van der Waals surface area contributed by atoms with Crippen LogP contribution < -0.4 is 10.1 Å². The van der Waals surface area contributed by atoms with Crippen LogP contribution in [0.25, 0.3) is 0 Å². The van der Waals surface area contributed by atoms with Crippen LogP contribution in [0, 0.1) is 13.8 Å². The Bertz CT molecular complexity index is 1410. The molecule has 1 unspecified atom stereocenters. The van der Waals surface area contributed by atoms with Crippen LogP contribution in [0.3, 0.4) is 0 Å². The molecule has 3 aromatic carbocycles. The molecular formula is C33H35N3O5. The number of anilines is 1. The van der Waals surface area contributed by atoms with E-state index in [2.05, 4.69) is 15.3 Å². The maximum Gasteiger partial charge on any atom is 0.348 e. The molecule has 212 valence electrons. The number of para-hydroxylation sites is 1. The summed E-state index contributed by atoms with van der Waals surface area (Å²) in [7, 11) is 0. The molecule has 1 atom stereocenters. The standard InChI is InChI=1S/C33H35N3O5/c1-5-24-14-13-15-25(6-2)29(24)36-28(37)21-40-33(26-16-9-7-10-17-26,27-18-11-8-12-19-27)30(31(38)39)41-32-34-22(3)20-23(4)35-32/h7-20,30H,5-6,21H2,1-4H3,(H,36,37)(H,38,39). The molecule has 2 N–H and O–H groups in total. The quantitative estimate of drug-likeness (QED) is 0.233. The van der Waals surface area contributed by atoms with Crippen LogP contribution in [0.4, 0.5) is 5.69 Å².